The minimum absolute atomic E-state index is 0.266. The van der Waals surface area contributed by atoms with Crippen LogP contribution in [-0.4, -0.2) is 29.7 Å². The lowest BCUT2D eigenvalue weighted by Gasteiger charge is -2.27. The number of para-hydroxylation sites is 3. The summed E-state index contributed by atoms with van der Waals surface area (Å²) in [5, 5.41) is 3.52. The summed E-state index contributed by atoms with van der Waals surface area (Å²) in [5.41, 5.74) is 3.25. The van der Waals surface area contributed by atoms with Crippen LogP contribution in [-0.2, 0) is 13.0 Å². The van der Waals surface area contributed by atoms with Crippen LogP contribution in [0.3, 0.4) is 0 Å². The lowest BCUT2D eigenvalue weighted by molar-refractivity contribution is 0.226. The second-order valence-electron chi connectivity index (χ2n) is 5.74. The van der Waals surface area contributed by atoms with Gasteiger partial charge in [-0.3, -0.25) is 0 Å². The van der Waals surface area contributed by atoms with Gasteiger partial charge in [-0.2, -0.15) is 0 Å². The van der Waals surface area contributed by atoms with Gasteiger partial charge in [-0.05, 0) is 30.2 Å². The van der Waals surface area contributed by atoms with Crippen LogP contribution in [0.5, 0.6) is 11.5 Å². The van der Waals surface area contributed by atoms with E-state index in [1.54, 1.807) is 7.11 Å². The lowest BCUT2D eigenvalue weighted by Crippen LogP contribution is -2.39. The molecular weight excluding hydrogens is 290 g/mol. The fraction of sp³-hybridized carbons (Fsp3) is 0.278. The highest BCUT2D eigenvalue weighted by atomic mass is 16.5. The predicted molar refractivity (Wildman–Crippen MR) is 88.9 cm³/mol. The summed E-state index contributed by atoms with van der Waals surface area (Å²) in [6.07, 6.45) is 0.923. The van der Waals surface area contributed by atoms with Gasteiger partial charge in [0.15, 0.2) is 11.5 Å². The molecule has 0 saturated heterocycles. The van der Waals surface area contributed by atoms with E-state index in [1.165, 1.54) is 5.56 Å². The van der Waals surface area contributed by atoms with Gasteiger partial charge in [0.1, 0.15) is 12.4 Å². The number of aromatic amines is 1. The van der Waals surface area contributed by atoms with Gasteiger partial charge in [-0.15, -0.1) is 0 Å². The van der Waals surface area contributed by atoms with E-state index in [9.17, 15) is 0 Å². The van der Waals surface area contributed by atoms with Crippen molar-refractivity contribution >= 4 is 11.0 Å². The largest absolute Gasteiger partial charge is 0.493 e. The molecule has 0 aliphatic carbocycles. The third kappa shape index (κ3) is 2.75. The van der Waals surface area contributed by atoms with Gasteiger partial charge in [0.25, 0.3) is 0 Å². The Morgan fingerprint density at radius 1 is 1.26 bits per heavy atom. The molecule has 5 heteroatoms. The maximum absolute atomic E-state index is 5.89. The number of aromatic nitrogens is 2. The SMILES string of the molecule is COc1cccc2c1OCC(NCc1nc3ccccc3[nH]1)C2. The Labute approximate surface area is 134 Å². The van der Waals surface area contributed by atoms with E-state index >= 15 is 0 Å². The van der Waals surface area contributed by atoms with Gasteiger partial charge in [0.2, 0.25) is 0 Å². The number of fused-ring (bicyclic) bond motifs is 2. The zero-order valence-corrected chi connectivity index (χ0v) is 13.0. The molecule has 5 nitrogen and oxygen atoms in total. The molecule has 2 aromatic carbocycles. The molecule has 23 heavy (non-hydrogen) atoms. The van der Waals surface area contributed by atoms with Gasteiger partial charge < -0.3 is 19.8 Å². The summed E-state index contributed by atoms with van der Waals surface area (Å²) >= 11 is 0. The Balaban J connectivity index is 1.44. The number of rotatable bonds is 4. The number of hydrogen-bond donors (Lipinski definition) is 2. The van der Waals surface area contributed by atoms with Gasteiger partial charge in [0, 0.05) is 6.04 Å². The van der Waals surface area contributed by atoms with Crippen LogP contribution in [0.25, 0.3) is 11.0 Å². The Morgan fingerprint density at radius 2 is 2.17 bits per heavy atom. The van der Waals surface area contributed by atoms with E-state index in [4.69, 9.17) is 9.47 Å². The maximum Gasteiger partial charge on any atom is 0.164 e. The molecule has 1 atom stereocenters. The van der Waals surface area contributed by atoms with Crippen LogP contribution >= 0.6 is 0 Å². The van der Waals surface area contributed by atoms with Gasteiger partial charge in [0.05, 0.1) is 24.7 Å². The fourth-order valence-electron chi connectivity index (χ4n) is 3.02. The zero-order valence-electron chi connectivity index (χ0n) is 13.0. The molecule has 2 N–H and O–H groups in total. The van der Waals surface area contributed by atoms with Crippen molar-refractivity contribution in [2.75, 3.05) is 13.7 Å². The maximum atomic E-state index is 5.89. The summed E-state index contributed by atoms with van der Waals surface area (Å²) in [7, 11) is 1.67. The molecular formula is C18H19N3O2. The minimum atomic E-state index is 0.266. The first-order chi connectivity index (χ1) is 11.3. The molecule has 1 unspecified atom stereocenters. The predicted octanol–water partition coefficient (Wildman–Crippen LogP) is 2.66. The van der Waals surface area contributed by atoms with E-state index in [-0.39, 0.29) is 6.04 Å². The average molecular weight is 309 g/mol. The molecule has 0 fully saturated rings. The summed E-state index contributed by atoms with van der Waals surface area (Å²) < 4.78 is 11.2. The molecule has 0 spiro atoms. The normalized spacial score (nSPS) is 16.8. The highest BCUT2D eigenvalue weighted by molar-refractivity contribution is 5.74. The molecule has 0 amide bonds. The summed E-state index contributed by atoms with van der Waals surface area (Å²) in [5.74, 6) is 2.62. The Morgan fingerprint density at radius 3 is 3.04 bits per heavy atom. The van der Waals surface area contributed by atoms with Crippen molar-refractivity contribution in [1.29, 1.82) is 0 Å². The summed E-state index contributed by atoms with van der Waals surface area (Å²) in [6, 6.07) is 14.4. The van der Waals surface area contributed by atoms with Crippen LogP contribution in [0, 0.1) is 0 Å². The quantitative estimate of drug-likeness (QED) is 0.778. The first kappa shape index (κ1) is 14.1. The summed E-state index contributed by atoms with van der Waals surface area (Å²) in [4.78, 5) is 7.93. The van der Waals surface area contributed by atoms with Crippen molar-refractivity contribution < 1.29 is 9.47 Å². The van der Waals surface area contributed by atoms with Crippen LogP contribution < -0.4 is 14.8 Å². The van der Waals surface area contributed by atoms with Gasteiger partial charge >= 0.3 is 0 Å². The second-order valence-corrected chi connectivity index (χ2v) is 5.74. The Kier molecular flexibility index (Phi) is 3.63. The van der Waals surface area contributed by atoms with Crippen molar-refractivity contribution in [3.05, 3.63) is 53.9 Å². The standard InChI is InChI=1S/C18H19N3O2/c1-22-16-8-4-5-12-9-13(11-23-18(12)16)19-10-17-20-14-6-2-3-7-15(14)21-17/h2-8,13,19H,9-11H2,1H3,(H,20,21). The highest BCUT2D eigenvalue weighted by Crippen LogP contribution is 2.34. The lowest BCUT2D eigenvalue weighted by atomic mass is 10.0. The average Bonchev–Trinajstić information content (AvgIpc) is 3.02. The van der Waals surface area contributed by atoms with E-state index in [0.717, 1.165) is 34.8 Å². The first-order valence-electron chi connectivity index (χ1n) is 7.79. The Bertz CT molecular complexity index is 795. The topological polar surface area (TPSA) is 59.2 Å². The van der Waals surface area contributed by atoms with Crippen LogP contribution in [0.2, 0.25) is 0 Å². The van der Waals surface area contributed by atoms with Gasteiger partial charge in [-0.25, -0.2) is 4.98 Å². The number of nitrogens with one attached hydrogen (secondary N) is 2. The van der Waals surface area contributed by atoms with E-state index in [2.05, 4.69) is 21.4 Å². The molecule has 0 radical (unpaired) electrons. The molecule has 3 aromatic rings. The highest BCUT2D eigenvalue weighted by Gasteiger charge is 2.22. The number of H-pyrrole nitrogens is 1. The zero-order chi connectivity index (χ0) is 15.6. The van der Waals surface area contributed by atoms with Crippen molar-refractivity contribution in [3.63, 3.8) is 0 Å². The molecule has 0 saturated carbocycles. The second kappa shape index (κ2) is 5.93. The minimum Gasteiger partial charge on any atom is -0.493 e. The monoisotopic (exact) mass is 309 g/mol. The van der Waals surface area contributed by atoms with E-state index in [1.807, 2.05) is 36.4 Å². The third-order valence-electron chi connectivity index (χ3n) is 4.17. The van der Waals surface area contributed by atoms with Crippen LogP contribution in [0.4, 0.5) is 0 Å². The van der Waals surface area contributed by atoms with Crippen molar-refractivity contribution in [2.45, 2.75) is 19.0 Å². The van der Waals surface area contributed by atoms with Crippen LogP contribution in [0.15, 0.2) is 42.5 Å². The number of ether oxygens (including phenoxy) is 2. The molecule has 0 bridgehead atoms. The van der Waals surface area contributed by atoms with E-state index < -0.39 is 0 Å². The number of methoxy groups -OCH3 is 1. The van der Waals surface area contributed by atoms with Crippen molar-refractivity contribution in [3.8, 4) is 11.5 Å². The number of imidazole rings is 1. The summed E-state index contributed by atoms with van der Waals surface area (Å²) in [6.45, 7) is 1.33. The smallest absolute Gasteiger partial charge is 0.164 e. The molecule has 118 valence electrons. The molecule has 2 heterocycles. The molecule has 1 aliphatic heterocycles. The number of hydrogen-bond acceptors (Lipinski definition) is 4. The van der Waals surface area contributed by atoms with Crippen LogP contribution in [0.1, 0.15) is 11.4 Å². The van der Waals surface area contributed by atoms with Crippen molar-refractivity contribution in [2.24, 2.45) is 0 Å². The molecule has 4 rings (SSSR count). The number of benzene rings is 2. The number of nitrogens with zero attached hydrogens (tertiary/aromatic N) is 1. The fourth-order valence-corrected chi connectivity index (χ4v) is 3.02. The van der Waals surface area contributed by atoms with Crippen molar-refractivity contribution in [1.82, 2.24) is 15.3 Å². The molecule has 1 aromatic heterocycles. The molecule has 1 aliphatic rings. The van der Waals surface area contributed by atoms with E-state index in [0.29, 0.717) is 13.2 Å². The van der Waals surface area contributed by atoms with Gasteiger partial charge in [-0.1, -0.05) is 24.3 Å². The first-order valence-corrected chi connectivity index (χ1v) is 7.79. The Hall–Kier alpha value is -2.53. The third-order valence-corrected chi connectivity index (χ3v) is 4.17.